The molecule has 186 valence electrons. The predicted octanol–water partition coefficient (Wildman–Crippen LogP) is 2.19. The summed E-state index contributed by atoms with van der Waals surface area (Å²) in [6, 6.07) is 11.4. The van der Waals surface area contributed by atoms with Gasteiger partial charge in [0.1, 0.15) is 0 Å². The lowest BCUT2D eigenvalue weighted by Gasteiger charge is -2.26. The van der Waals surface area contributed by atoms with Crippen LogP contribution in [0.25, 0.3) is 11.5 Å². The van der Waals surface area contributed by atoms with Gasteiger partial charge in [0.05, 0.1) is 28.3 Å². The molecule has 11 nitrogen and oxygen atoms in total. The molecular weight excluding hydrogens is 496 g/mol. The van der Waals surface area contributed by atoms with E-state index in [0.29, 0.717) is 18.8 Å². The van der Waals surface area contributed by atoms with Gasteiger partial charge in [0.25, 0.3) is 5.91 Å². The Balaban J connectivity index is 1.44. The number of amides is 1. The van der Waals surface area contributed by atoms with Gasteiger partial charge in [0.15, 0.2) is 9.84 Å². The third kappa shape index (κ3) is 5.27. The first-order valence-electron chi connectivity index (χ1n) is 10.8. The molecule has 1 aliphatic rings. The number of nitrogens with zero attached hydrogens (tertiary/aromatic N) is 3. The molecule has 2 heterocycles. The highest BCUT2D eigenvalue weighted by Crippen LogP contribution is 2.24. The number of anilines is 1. The number of hydrogen-bond donors (Lipinski definition) is 1. The molecule has 2 aromatic carbocycles. The monoisotopic (exact) mass is 520 g/mol. The van der Waals surface area contributed by atoms with Crippen LogP contribution >= 0.6 is 0 Å². The molecule has 4 rings (SSSR count). The highest BCUT2D eigenvalue weighted by Gasteiger charge is 2.26. The number of sulfonamides is 1. The Morgan fingerprint density at radius 1 is 0.914 bits per heavy atom. The summed E-state index contributed by atoms with van der Waals surface area (Å²) in [4.78, 5) is 12.8. The van der Waals surface area contributed by atoms with E-state index >= 15 is 0 Å². The quantitative estimate of drug-likeness (QED) is 0.495. The van der Waals surface area contributed by atoms with Crippen molar-refractivity contribution in [3.05, 3.63) is 54.1 Å². The van der Waals surface area contributed by atoms with Crippen LogP contribution in [-0.4, -0.2) is 68.8 Å². The molecule has 1 aromatic heterocycles. The van der Waals surface area contributed by atoms with Crippen molar-refractivity contribution < 1.29 is 30.8 Å². The summed E-state index contributed by atoms with van der Waals surface area (Å²) in [5.74, 6) is -0.463. The fraction of sp³-hybridized carbons (Fsp3) is 0.318. The van der Waals surface area contributed by atoms with E-state index in [0.717, 1.165) is 0 Å². The molecule has 1 N–H and O–H groups in total. The maximum absolute atomic E-state index is 12.7. The summed E-state index contributed by atoms with van der Waals surface area (Å²) < 4.78 is 61.9. The van der Waals surface area contributed by atoms with Gasteiger partial charge in [-0.25, -0.2) is 16.8 Å². The number of carbonyl (C=O) groups excluding carboxylic acids is 1. The zero-order valence-electron chi connectivity index (χ0n) is 19.0. The number of nitrogens with one attached hydrogen (secondary N) is 1. The number of aromatic nitrogens is 2. The number of rotatable bonds is 7. The normalized spacial score (nSPS) is 15.3. The minimum absolute atomic E-state index is 0.0824. The number of sulfone groups is 1. The van der Waals surface area contributed by atoms with E-state index in [9.17, 15) is 21.6 Å². The topological polar surface area (TPSA) is 149 Å². The van der Waals surface area contributed by atoms with Crippen LogP contribution in [0.4, 0.5) is 6.01 Å². The van der Waals surface area contributed by atoms with Crippen molar-refractivity contribution in [2.75, 3.05) is 31.6 Å². The Labute approximate surface area is 203 Å². The van der Waals surface area contributed by atoms with E-state index in [-0.39, 0.29) is 40.3 Å². The predicted molar refractivity (Wildman–Crippen MR) is 126 cm³/mol. The molecule has 35 heavy (non-hydrogen) atoms. The van der Waals surface area contributed by atoms with Crippen LogP contribution in [0.2, 0.25) is 0 Å². The lowest BCUT2D eigenvalue weighted by Crippen LogP contribution is -2.40. The Morgan fingerprint density at radius 2 is 1.51 bits per heavy atom. The molecular formula is C22H24N4O7S2. The van der Waals surface area contributed by atoms with Crippen LogP contribution in [0.5, 0.6) is 0 Å². The molecule has 1 saturated heterocycles. The van der Waals surface area contributed by atoms with Crippen molar-refractivity contribution in [3.8, 4) is 11.5 Å². The van der Waals surface area contributed by atoms with Crippen molar-refractivity contribution in [1.29, 1.82) is 0 Å². The Hall–Kier alpha value is -3.13. The molecule has 1 fully saturated rings. The van der Waals surface area contributed by atoms with Crippen LogP contribution in [0.15, 0.2) is 62.7 Å². The van der Waals surface area contributed by atoms with Gasteiger partial charge < -0.3 is 9.15 Å². The highest BCUT2D eigenvalue weighted by molar-refractivity contribution is 7.92. The van der Waals surface area contributed by atoms with E-state index < -0.39 is 31.0 Å². The van der Waals surface area contributed by atoms with E-state index in [1.54, 1.807) is 26.0 Å². The van der Waals surface area contributed by atoms with Crippen LogP contribution in [0, 0.1) is 0 Å². The van der Waals surface area contributed by atoms with Gasteiger partial charge in [-0.2, -0.15) is 4.31 Å². The average Bonchev–Trinajstić information content (AvgIpc) is 3.33. The Bertz CT molecular complexity index is 1410. The van der Waals surface area contributed by atoms with Crippen molar-refractivity contribution in [1.82, 2.24) is 14.5 Å². The first-order valence-corrected chi connectivity index (χ1v) is 13.7. The van der Waals surface area contributed by atoms with Gasteiger partial charge in [-0.3, -0.25) is 10.1 Å². The molecule has 0 saturated carbocycles. The average molecular weight is 521 g/mol. The molecule has 0 aliphatic carbocycles. The number of carbonyl (C=O) groups is 1. The van der Waals surface area contributed by atoms with Gasteiger partial charge in [0, 0.05) is 24.2 Å². The summed E-state index contributed by atoms with van der Waals surface area (Å²) in [6.07, 6.45) is 0. The first kappa shape index (κ1) is 25.0. The molecule has 13 heteroatoms. The van der Waals surface area contributed by atoms with Crippen molar-refractivity contribution >= 4 is 31.8 Å². The third-order valence-corrected chi connectivity index (χ3v) is 9.50. The second kappa shape index (κ2) is 9.85. The fourth-order valence-corrected chi connectivity index (χ4v) is 5.80. The number of benzene rings is 2. The zero-order chi connectivity index (χ0) is 25.2. The van der Waals surface area contributed by atoms with Crippen molar-refractivity contribution in [2.24, 2.45) is 0 Å². The van der Waals surface area contributed by atoms with E-state index in [1.165, 1.54) is 40.7 Å². The van der Waals surface area contributed by atoms with Crippen molar-refractivity contribution in [2.45, 2.75) is 28.9 Å². The molecule has 0 unspecified atom stereocenters. The molecule has 1 amide bonds. The van der Waals surface area contributed by atoms with Gasteiger partial charge in [-0.1, -0.05) is 5.10 Å². The van der Waals surface area contributed by atoms with Crippen molar-refractivity contribution in [3.63, 3.8) is 0 Å². The number of ether oxygens (including phenoxy) is 1. The lowest BCUT2D eigenvalue weighted by atomic mass is 10.2. The highest BCUT2D eigenvalue weighted by atomic mass is 32.2. The van der Waals surface area contributed by atoms with Crippen LogP contribution < -0.4 is 5.32 Å². The summed E-state index contributed by atoms with van der Waals surface area (Å²) >= 11 is 0. The second-order valence-corrected chi connectivity index (χ2v) is 12.5. The summed E-state index contributed by atoms with van der Waals surface area (Å²) in [5, 5.41) is 9.60. The maximum Gasteiger partial charge on any atom is 0.322 e. The minimum atomic E-state index is -3.66. The SMILES string of the molecule is CC(C)S(=O)(=O)c1ccc(-c2nnc(NC(=O)c3ccc(S(=O)(=O)N4CCOCC4)cc3)o2)cc1. The van der Waals surface area contributed by atoms with Gasteiger partial charge in [-0.05, 0) is 62.4 Å². The standard InChI is InChI=1S/C22H24N4O7S2/c1-15(2)34(28,29)18-7-5-17(6-8-18)21-24-25-22(33-21)23-20(27)16-3-9-19(10-4-16)35(30,31)26-11-13-32-14-12-26/h3-10,15H,11-14H2,1-2H3,(H,23,25,27). The molecule has 0 bridgehead atoms. The van der Waals surface area contributed by atoms with E-state index in [2.05, 4.69) is 15.5 Å². The van der Waals surface area contributed by atoms with Crippen LogP contribution in [-0.2, 0) is 24.6 Å². The Morgan fingerprint density at radius 3 is 2.11 bits per heavy atom. The van der Waals surface area contributed by atoms with E-state index in [4.69, 9.17) is 9.15 Å². The smallest absolute Gasteiger partial charge is 0.322 e. The molecule has 0 spiro atoms. The molecule has 0 atom stereocenters. The van der Waals surface area contributed by atoms with Crippen LogP contribution in [0.3, 0.4) is 0 Å². The zero-order valence-corrected chi connectivity index (χ0v) is 20.7. The lowest BCUT2D eigenvalue weighted by molar-refractivity contribution is 0.0730. The molecule has 1 aliphatic heterocycles. The minimum Gasteiger partial charge on any atom is -0.403 e. The summed E-state index contributed by atoms with van der Waals surface area (Å²) in [6.45, 7) is 4.44. The van der Waals surface area contributed by atoms with Gasteiger partial charge >= 0.3 is 6.01 Å². The number of morpholine rings is 1. The van der Waals surface area contributed by atoms with E-state index in [1.807, 2.05) is 0 Å². The fourth-order valence-electron chi connectivity index (χ4n) is 3.33. The largest absolute Gasteiger partial charge is 0.403 e. The Kier molecular flexibility index (Phi) is 7.03. The van der Waals surface area contributed by atoms with Gasteiger partial charge in [-0.15, -0.1) is 5.10 Å². The summed E-state index contributed by atoms with van der Waals surface area (Å²) in [7, 11) is -7.07. The first-order chi connectivity index (χ1) is 16.6. The second-order valence-electron chi connectivity index (χ2n) is 8.03. The van der Waals surface area contributed by atoms with Gasteiger partial charge in [0.2, 0.25) is 15.9 Å². The number of hydrogen-bond acceptors (Lipinski definition) is 9. The molecule has 0 radical (unpaired) electrons. The molecule has 3 aromatic rings. The summed E-state index contributed by atoms with van der Waals surface area (Å²) in [5.41, 5.74) is 0.687. The third-order valence-electron chi connectivity index (χ3n) is 5.42. The maximum atomic E-state index is 12.7. The van der Waals surface area contributed by atoms with Crippen LogP contribution in [0.1, 0.15) is 24.2 Å².